The van der Waals surface area contributed by atoms with Crippen molar-refractivity contribution in [3.63, 3.8) is 0 Å². The van der Waals surface area contributed by atoms with Gasteiger partial charge in [0.25, 0.3) is 0 Å². The molecule has 0 unspecified atom stereocenters. The smallest absolute Gasteiger partial charge is 0.360 e. The summed E-state index contributed by atoms with van der Waals surface area (Å²) in [6.45, 7) is 1.66. The quantitative estimate of drug-likeness (QED) is 0.288. The van der Waals surface area contributed by atoms with Crippen molar-refractivity contribution in [3.8, 4) is 22.4 Å². The summed E-state index contributed by atoms with van der Waals surface area (Å²) in [7, 11) is 0. The van der Waals surface area contributed by atoms with E-state index in [2.05, 4.69) is 36.6 Å². The summed E-state index contributed by atoms with van der Waals surface area (Å²) in [6, 6.07) is 13.8. The van der Waals surface area contributed by atoms with Crippen molar-refractivity contribution < 1.29 is 13.2 Å². The molecular weight excluding hydrogens is 465 g/mol. The molecule has 9 heteroatoms. The van der Waals surface area contributed by atoms with Crippen LogP contribution in [0.2, 0.25) is 0 Å². The summed E-state index contributed by atoms with van der Waals surface area (Å²) in [6.07, 6.45) is 3.34. The van der Waals surface area contributed by atoms with Gasteiger partial charge in [0.05, 0.1) is 5.69 Å². The number of hydrogen-bond donors (Lipinski definition) is 3. The molecule has 0 radical (unpaired) electrons. The van der Waals surface area contributed by atoms with Crippen molar-refractivity contribution in [2.75, 3.05) is 18.4 Å². The van der Waals surface area contributed by atoms with Crippen LogP contribution in [0, 0.1) is 0 Å². The first-order valence-electron chi connectivity index (χ1n) is 11.8. The van der Waals surface area contributed by atoms with Crippen LogP contribution >= 0.6 is 0 Å². The zero-order valence-electron chi connectivity index (χ0n) is 19.2. The van der Waals surface area contributed by atoms with Crippen LogP contribution in [0.1, 0.15) is 18.4 Å². The number of hydrogen-bond acceptors (Lipinski definition) is 5. The van der Waals surface area contributed by atoms with E-state index in [0.29, 0.717) is 10.9 Å². The van der Waals surface area contributed by atoms with Crippen LogP contribution in [0.3, 0.4) is 0 Å². The van der Waals surface area contributed by atoms with Crippen LogP contribution in [0.5, 0.6) is 0 Å². The number of halogens is 3. The molecule has 182 valence electrons. The number of benzene rings is 2. The van der Waals surface area contributed by atoms with Gasteiger partial charge in [-0.15, -0.1) is 0 Å². The van der Waals surface area contributed by atoms with Gasteiger partial charge in [0.2, 0.25) is 5.95 Å². The maximum atomic E-state index is 13.9. The number of nitrogens with one attached hydrogen (secondary N) is 3. The standard InChI is InChI=1S/C27H23F3N6/c28-27(29,30)23-15-34-26(35-20-2-1-8-31-13-20)36-25(23)22-14-33-24-11-18(5-6-21(22)24)17-4-3-16-7-9-32-12-19(16)10-17/h3-7,9-12,14-15,20,31,33H,1-2,8,13H2,(H,34,35,36)/t20-/m0/s1. The molecule has 0 bridgehead atoms. The van der Waals surface area contributed by atoms with Crippen molar-refractivity contribution in [1.29, 1.82) is 0 Å². The van der Waals surface area contributed by atoms with Crippen LogP contribution in [0.4, 0.5) is 19.1 Å². The van der Waals surface area contributed by atoms with Crippen LogP contribution in [0.25, 0.3) is 44.1 Å². The second kappa shape index (κ2) is 8.91. The first-order chi connectivity index (χ1) is 17.5. The molecule has 0 spiro atoms. The number of aromatic nitrogens is 4. The third kappa shape index (κ3) is 4.26. The predicted molar refractivity (Wildman–Crippen MR) is 135 cm³/mol. The maximum absolute atomic E-state index is 13.9. The fourth-order valence-corrected chi connectivity index (χ4v) is 4.79. The minimum atomic E-state index is -4.58. The van der Waals surface area contributed by atoms with Crippen molar-refractivity contribution in [3.05, 3.63) is 72.8 Å². The van der Waals surface area contributed by atoms with Gasteiger partial charge in [-0.2, -0.15) is 13.2 Å². The normalized spacial score (nSPS) is 16.5. The highest BCUT2D eigenvalue weighted by Crippen LogP contribution is 2.39. The Morgan fingerprint density at radius 3 is 2.67 bits per heavy atom. The van der Waals surface area contributed by atoms with Crippen molar-refractivity contribution >= 4 is 27.6 Å². The fraction of sp³-hybridized carbons (Fsp3) is 0.222. The van der Waals surface area contributed by atoms with Crippen molar-refractivity contribution in [1.82, 2.24) is 25.3 Å². The van der Waals surface area contributed by atoms with E-state index in [9.17, 15) is 13.2 Å². The molecule has 4 heterocycles. The van der Waals surface area contributed by atoms with Crippen LogP contribution < -0.4 is 10.6 Å². The minimum absolute atomic E-state index is 0.0750. The van der Waals surface area contributed by atoms with E-state index in [1.54, 1.807) is 12.4 Å². The second-order valence-electron chi connectivity index (χ2n) is 9.04. The zero-order valence-corrected chi connectivity index (χ0v) is 19.2. The lowest BCUT2D eigenvalue weighted by molar-refractivity contribution is -0.137. The number of anilines is 1. The number of fused-ring (bicyclic) bond motifs is 2. The maximum Gasteiger partial charge on any atom is 0.419 e. The monoisotopic (exact) mass is 488 g/mol. The van der Waals surface area contributed by atoms with E-state index >= 15 is 0 Å². The summed E-state index contributed by atoms with van der Waals surface area (Å²) in [5, 5.41) is 9.24. The molecule has 6 rings (SSSR count). The topological polar surface area (TPSA) is 78.5 Å². The van der Waals surface area contributed by atoms with Crippen molar-refractivity contribution in [2.45, 2.75) is 25.1 Å². The van der Waals surface area contributed by atoms with E-state index < -0.39 is 11.7 Å². The molecular formula is C27H23F3N6. The summed E-state index contributed by atoms with van der Waals surface area (Å²) in [5.41, 5.74) is 2.07. The number of aromatic amines is 1. The Labute approximate surface area is 205 Å². The molecule has 5 aromatic rings. The average Bonchev–Trinajstić information content (AvgIpc) is 3.31. The molecule has 1 saturated heterocycles. The number of rotatable bonds is 4. The molecule has 3 aromatic heterocycles. The van der Waals surface area contributed by atoms with Crippen LogP contribution in [-0.4, -0.2) is 39.1 Å². The molecule has 1 atom stereocenters. The molecule has 36 heavy (non-hydrogen) atoms. The van der Waals surface area contributed by atoms with Gasteiger partial charge >= 0.3 is 6.18 Å². The zero-order chi connectivity index (χ0) is 24.7. The van der Waals surface area contributed by atoms with Gasteiger partial charge in [0, 0.05) is 59.2 Å². The lowest BCUT2D eigenvalue weighted by Crippen LogP contribution is -2.38. The summed E-state index contributed by atoms with van der Waals surface area (Å²) >= 11 is 0. The lowest BCUT2D eigenvalue weighted by Gasteiger charge is -2.24. The number of piperidine rings is 1. The highest BCUT2D eigenvalue weighted by molar-refractivity contribution is 5.98. The van der Waals surface area contributed by atoms with E-state index in [1.807, 2.05) is 42.6 Å². The Morgan fingerprint density at radius 2 is 1.83 bits per heavy atom. The average molecular weight is 489 g/mol. The Kier molecular flexibility index (Phi) is 5.56. The molecule has 0 aliphatic carbocycles. The third-order valence-electron chi connectivity index (χ3n) is 6.64. The summed E-state index contributed by atoms with van der Waals surface area (Å²) < 4.78 is 41.8. The number of pyridine rings is 1. The lowest BCUT2D eigenvalue weighted by atomic mass is 9.99. The third-order valence-corrected chi connectivity index (χ3v) is 6.64. The Bertz CT molecular complexity index is 1550. The van der Waals surface area contributed by atoms with Crippen LogP contribution in [0.15, 0.2) is 67.3 Å². The first kappa shape index (κ1) is 22.5. The molecule has 1 aliphatic heterocycles. The van der Waals surface area contributed by atoms with Gasteiger partial charge < -0.3 is 15.6 Å². The van der Waals surface area contributed by atoms with Gasteiger partial charge in [-0.3, -0.25) is 4.98 Å². The number of alkyl halides is 3. The molecule has 1 fully saturated rings. The van der Waals surface area contributed by atoms with Gasteiger partial charge in [0.1, 0.15) is 5.56 Å². The molecule has 0 saturated carbocycles. The highest BCUT2D eigenvalue weighted by atomic mass is 19.4. The Morgan fingerprint density at radius 1 is 0.972 bits per heavy atom. The van der Waals surface area contributed by atoms with Gasteiger partial charge in [-0.1, -0.05) is 24.3 Å². The second-order valence-corrected chi connectivity index (χ2v) is 9.04. The Balaban J connectivity index is 1.40. The highest BCUT2D eigenvalue weighted by Gasteiger charge is 2.36. The molecule has 2 aromatic carbocycles. The fourth-order valence-electron chi connectivity index (χ4n) is 4.79. The van der Waals surface area contributed by atoms with Crippen molar-refractivity contribution in [2.24, 2.45) is 0 Å². The van der Waals surface area contributed by atoms with E-state index in [-0.39, 0.29) is 17.7 Å². The number of H-pyrrole nitrogens is 1. The molecule has 0 amide bonds. The molecule has 6 nitrogen and oxygen atoms in total. The minimum Gasteiger partial charge on any atom is -0.360 e. The Hall–Kier alpha value is -3.98. The SMILES string of the molecule is FC(F)(F)c1cnc(N[C@H]2CCCNC2)nc1-c1c[nH]c2cc(-c3ccc4ccncc4c3)ccc12. The van der Waals surface area contributed by atoms with E-state index in [1.165, 1.54) is 0 Å². The van der Waals surface area contributed by atoms with Gasteiger partial charge in [-0.05, 0) is 54.1 Å². The van der Waals surface area contributed by atoms with Gasteiger partial charge in [-0.25, -0.2) is 9.97 Å². The number of nitrogens with zero attached hydrogens (tertiary/aromatic N) is 3. The van der Waals surface area contributed by atoms with Gasteiger partial charge in [0.15, 0.2) is 0 Å². The van der Waals surface area contributed by atoms with E-state index in [0.717, 1.165) is 59.5 Å². The summed E-state index contributed by atoms with van der Waals surface area (Å²) in [5.74, 6) is 0.197. The van der Waals surface area contributed by atoms with Crippen LogP contribution in [-0.2, 0) is 6.18 Å². The molecule has 1 aliphatic rings. The summed E-state index contributed by atoms with van der Waals surface area (Å²) in [4.78, 5) is 15.7. The van der Waals surface area contributed by atoms with E-state index in [4.69, 9.17) is 0 Å². The first-order valence-corrected chi connectivity index (χ1v) is 11.8. The predicted octanol–water partition coefficient (Wildman–Crippen LogP) is 6.02. The largest absolute Gasteiger partial charge is 0.419 e. The molecule has 3 N–H and O–H groups in total.